The lowest BCUT2D eigenvalue weighted by Gasteiger charge is -2.23. The molecule has 0 atom stereocenters. The number of hydrogen-bond donors (Lipinski definition) is 0. The SMILES string of the molecule is Cc1ccc(CN(C(=O)CCS(=O)(=O)c2ccc3c(c2)CCC3)C2CC2)cc1. The number of amides is 1. The van der Waals surface area contributed by atoms with Crippen LogP contribution in [0.15, 0.2) is 47.4 Å². The van der Waals surface area contributed by atoms with Crippen LogP contribution in [-0.2, 0) is 34.0 Å². The Morgan fingerprint density at radius 2 is 1.75 bits per heavy atom. The van der Waals surface area contributed by atoms with Gasteiger partial charge < -0.3 is 4.90 Å². The molecule has 0 bridgehead atoms. The van der Waals surface area contributed by atoms with Gasteiger partial charge in [-0.15, -0.1) is 0 Å². The second-order valence-electron chi connectivity index (χ2n) is 8.09. The molecule has 5 heteroatoms. The molecule has 2 aliphatic rings. The van der Waals surface area contributed by atoms with E-state index in [-0.39, 0.29) is 24.1 Å². The van der Waals surface area contributed by atoms with E-state index in [1.54, 1.807) is 6.07 Å². The fraction of sp³-hybridized carbons (Fsp3) is 0.435. The van der Waals surface area contributed by atoms with Crippen molar-refractivity contribution in [2.75, 3.05) is 5.75 Å². The van der Waals surface area contributed by atoms with Gasteiger partial charge in [0.05, 0.1) is 10.6 Å². The van der Waals surface area contributed by atoms with Gasteiger partial charge >= 0.3 is 0 Å². The fourth-order valence-corrected chi connectivity index (χ4v) is 5.20. The Labute approximate surface area is 167 Å². The highest BCUT2D eigenvalue weighted by Gasteiger charge is 2.33. The van der Waals surface area contributed by atoms with E-state index in [2.05, 4.69) is 0 Å². The number of benzene rings is 2. The molecule has 0 saturated heterocycles. The van der Waals surface area contributed by atoms with Gasteiger partial charge in [0.1, 0.15) is 0 Å². The summed E-state index contributed by atoms with van der Waals surface area (Å²) in [6.07, 6.45) is 5.13. The summed E-state index contributed by atoms with van der Waals surface area (Å²) in [6.45, 7) is 2.60. The number of aryl methyl sites for hydroxylation is 3. The second kappa shape index (κ2) is 7.70. The summed E-state index contributed by atoms with van der Waals surface area (Å²) in [6, 6.07) is 13.9. The largest absolute Gasteiger partial charge is 0.335 e. The molecule has 4 rings (SSSR count). The van der Waals surface area contributed by atoms with Gasteiger partial charge in [-0.1, -0.05) is 35.9 Å². The topological polar surface area (TPSA) is 54.5 Å². The summed E-state index contributed by atoms with van der Waals surface area (Å²) in [7, 11) is -3.44. The first kappa shape index (κ1) is 19.2. The van der Waals surface area contributed by atoms with Crippen molar-refractivity contribution in [2.24, 2.45) is 0 Å². The number of rotatable bonds is 7. The van der Waals surface area contributed by atoms with Crippen LogP contribution in [-0.4, -0.2) is 31.0 Å². The minimum Gasteiger partial charge on any atom is -0.335 e. The third kappa shape index (κ3) is 4.30. The zero-order valence-corrected chi connectivity index (χ0v) is 17.2. The lowest BCUT2D eigenvalue weighted by Crippen LogP contribution is -2.33. The molecular weight excluding hydrogens is 370 g/mol. The quantitative estimate of drug-likeness (QED) is 0.713. The number of carbonyl (C=O) groups is 1. The van der Waals surface area contributed by atoms with Crippen LogP contribution in [0.4, 0.5) is 0 Å². The minimum atomic E-state index is -3.44. The number of nitrogens with zero attached hydrogens (tertiary/aromatic N) is 1. The Kier molecular flexibility index (Phi) is 5.28. The van der Waals surface area contributed by atoms with Crippen LogP contribution >= 0.6 is 0 Å². The molecule has 0 heterocycles. The van der Waals surface area contributed by atoms with E-state index in [1.807, 2.05) is 48.2 Å². The summed E-state index contributed by atoms with van der Waals surface area (Å²) in [5.41, 5.74) is 4.68. The van der Waals surface area contributed by atoms with Gasteiger partial charge in [-0.05, 0) is 67.9 Å². The molecule has 0 N–H and O–H groups in total. The molecule has 148 valence electrons. The van der Waals surface area contributed by atoms with Gasteiger partial charge in [-0.3, -0.25) is 4.79 Å². The summed E-state index contributed by atoms with van der Waals surface area (Å²) in [4.78, 5) is 15.0. The molecule has 28 heavy (non-hydrogen) atoms. The van der Waals surface area contributed by atoms with Crippen LogP contribution in [0.3, 0.4) is 0 Å². The molecule has 1 fully saturated rings. The molecule has 0 unspecified atom stereocenters. The van der Waals surface area contributed by atoms with Gasteiger partial charge in [0.2, 0.25) is 5.91 Å². The average molecular weight is 398 g/mol. The van der Waals surface area contributed by atoms with Crippen LogP contribution < -0.4 is 0 Å². The third-order valence-corrected chi connectivity index (χ3v) is 7.51. The lowest BCUT2D eigenvalue weighted by atomic mass is 10.1. The monoisotopic (exact) mass is 397 g/mol. The highest BCUT2D eigenvalue weighted by Crippen LogP contribution is 2.30. The Hall–Kier alpha value is -2.14. The van der Waals surface area contributed by atoms with Crippen molar-refractivity contribution in [1.82, 2.24) is 4.90 Å². The van der Waals surface area contributed by atoms with E-state index in [1.165, 1.54) is 11.1 Å². The Balaban J connectivity index is 1.42. The normalized spacial score (nSPS) is 16.0. The van der Waals surface area contributed by atoms with Gasteiger partial charge in [-0.25, -0.2) is 8.42 Å². The fourth-order valence-electron chi connectivity index (χ4n) is 3.92. The predicted molar refractivity (Wildman–Crippen MR) is 110 cm³/mol. The standard InChI is InChI=1S/C23H27NO3S/c1-17-5-7-18(8-6-17)16-24(21-10-11-21)23(25)13-14-28(26,27)22-12-9-19-3-2-4-20(19)15-22/h5-9,12,15,21H,2-4,10-11,13-14,16H2,1H3. The average Bonchev–Trinajstić information content (AvgIpc) is 3.41. The third-order valence-electron chi connectivity index (χ3n) is 5.80. The highest BCUT2D eigenvalue weighted by molar-refractivity contribution is 7.91. The van der Waals surface area contributed by atoms with E-state index in [0.29, 0.717) is 11.4 Å². The molecular formula is C23H27NO3S. The van der Waals surface area contributed by atoms with Crippen molar-refractivity contribution in [1.29, 1.82) is 0 Å². The van der Waals surface area contributed by atoms with Crippen molar-refractivity contribution >= 4 is 15.7 Å². The van der Waals surface area contributed by atoms with E-state index in [9.17, 15) is 13.2 Å². The van der Waals surface area contributed by atoms with Gasteiger partial charge in [0.25, 0.3) is 0 Å². The van der Waals surface area contributed by atoms with E-state index < -0.39 is 9.84 Å². The molecule has 2 aromatic rings. The van der Waals surface area contributed by atoms with Crippen molar-refractivity contribution in [2.45, 2.75) is 62.9 Å². The van der Waals surface area contributed by atoms with Crippen molar-refractivity contribution < 1.29 is 13.2 Å². The molecule has 0 spiro atoms. The predicted octanol–water partition coefficient (Wildman–Crippen LogP) is 3.84. The molecule has 0 aliphatic heterocycles. The Morgan fingerprint density at radius 3 is 2.46 bits per heavy atom. The van der Waals surface area contributed by atoms with E-state index in [4.69, 9.17) is 0 Å². The summed E-state index contributed by atoms with van der Waals surface area (Å²) in [5, 5.41) is 0. The molecule has 2 aromatic carbocycles. The highest BCUT2D eigenvalue weighted by atomic mass is 32.2. The maximum Gasteiger partial charge on any atom is 0.224 e. The summed E-state index contributed by atoms with van der Waals surface area (Å²) >= 11 is 0. The summed E-state index contributed by atoms with van der Waals surface area (Å²) < 4.78 is 25.5. The van der Waals surface area contributed by atoms with Crippen LogP contribution in [0, 0.1) is 6.92 Å². The molecule has 0 radical (unpaired) electrons. The smallest absolute Gasteiger partial charge is 0.224 e. The zero-order chi connectivity index (χ0) is 19.7. The van der Waals surface area contributed by atoms with E-state index in [0.717, 1.165) is 43.2 Å². The lowest BCUT2D eigenvalue weighted by molar-refractivity contribution is -0.132. The van der Waals surface area contributed by atoms with Crippen LogP contribution in [0.1, 0.15) is 47.9 Å². The first-order valence-corrected chi connectivity index (χ1v) is 11.8. The number of sulfone groups is 1. The van der Waals surface area contributed by atoms with Crippen LogP contribution in [0.2, 0.25) is 0 Å². The summed E-state index contributed by atoms with van der Waals surface area (Å²) in [5.74, 6) is -0.185. The minimum absolute atomic E-state index is 0.0434. The van der Waals surface area contributed by atoms with Crippen LogP contribution in [0.5, 0.6) is 0 Å². The molecule has 1 amide bonds. The maximum absolute atomic E-state index is 12.8. The molecule has 1 saturated carbocycles. The second-order valence-corrected chi connectivity index (χ2v) is 10.2. The first-order valence-electron chi connectivity index (χ1n) is 10.1. The Morgan fingerprint density at radius 1 is 1.04 bits per heavy atom. The van der Waals surface area contributed by atoms with E-state index >= 15 is 0 Å². The number of fused-ring (bicyclic) bond motifs is 1. The van der Waals surface area contributed by atoms with Gasteiger partial charge in [0, 0.05) is 19.0 Å². The molecule has 4 nitrogen and oxygen atoms in total. The van der Waals surface area contributed by atoms with Gasteiger partial charge in [0.15, 0.2) is 9.84 Å². The first-order chi connectivity index (χ1) is 13.4. The number of carbonyl (C=O) groups excluding carboxylic acids is 1. The van der Waals surface area contributed by atoms with Gasteiger partial charge in [-0.2, -0.15) is 0 Å². The zero-order valence-electron chi connectivity index (χ0n) is 16.4. The molecule has 2 aliphatic carbocycles. The number of hydrogen-bond acceptors (Lipinski definition) is 3. The maximum atomic E-state index is 12.8. The van der Waals surface area contributed by atoms with Crippen LogP contribution in [0.25, 0.3) is 0 Å². The Bertz CT molecular complexity index is 975. The van der Waals surface area contributed by atoms with Crippen molar-refractivity contribution in [3.8, 4) is 0 Å². The van der Waals surface area contributed by atoms with Crippen molar-refractivity contribution in [3.05, 3.63) is 64.7 Å². The van der Waals surface area contributed by atoms with Crippen molar-refractivity contribution in [3.63, 3.8) is 0 Å². The molecule has 0 aromatic heterocycles.